The molecule has 2 aromatic rings. The van der Waals surface area contributed by atoms with E-state index in [0.29, 0.717) is 0 Å². The lowest BCUT2D eigenvalue weighted by molar-refractivity contribution is 0.445. The summed E-state index contributed by atoms with van der Waals surface area (Å²) in [6.45, 7) is 13.3. The number of hydrogen-bond acceptors (Lipinski definition) is 2. The van der Waals surface area contributed by atoms with Gasteiger partial charge >= 0.3 is 0 Å². The smallest absolute Gasteiger partial charge is 0.128 e. The highest BCUT2D eigenvalue weighted by Crippen LogP contribution is 2.30. The molecule has 0 radical (unpaired) electrons. The van der Waals surface area contributed by atoms with Crippen molar-refractivity contribution < 1.29 is 4.52 Å². The van der Waals surface area contributed by atoms with Crippen LogP contribution in [0.3, 0.4) is 0 Å². The average molecular weight is 385 g/mol. The maximum atomic E-state index is 5.66. The second kappa shape index (κ2) is 5.05. The van der Waals surface area contributed by atoms with Gasteiger partial charge in [0.15, 0.2) is 0 Å². The van der Waals surface area contributed by atoms with Crippen LogP contribution in [0.4, 0.5) is 0 Å². The minimum absolute atomic E-state index is 1.01. The van der Waals surface area contributed by atoms with E-state index in [1.807, 2.05) is 0 Å². The van der Waals surface area contributed by atoms with Crippen molar-refractivity contribution in [2.75, 3.05) is 0 Å². The summed E-state index contributed by atoms with van der Waals surface area (Å²) >= 11 is 2.39. The summed E-state index contributed by atoms with van der Waals surface area (Å²) in [5.74, 6) is 0. The Morgan fingerprint density at radius 3 is 2.00 bits per heavy atom. The lowest BCUT2D eigenvalue weighted by Gasteiger charge is -2.12. The van der Waals surface area contributed by atoms with Crippen molar-refractivity contribution in [2.24, 2.45) is 0 Å². The SMILES string of the molecule is Cc1cc(C)c(-c2noc([Si](C)(C)C)c2I)c(C)c1. The number of aromatic nitrogens is 1. The summed E-state index contributed by atoms with van der Waals surface area (Å²) in [7, 11) is -1.47. The second-order valence-corrected chi connectivity index (χ2v) is 12.2. The van der Waals surface area contributed by atoms with Gasteiger partial charge in [0, 0.05) is 5.56 Å². The normalized spacial score (nSPS) is 11.9. The van der Waals surface area contributed by atoms with Crippen molar-refractivity contribution in [1.29, 1.82) is 0 Å². The van der Waals surface area contributed by atoms with E-state index in [-0.39, 0.29) is 0 Å². The second-order valence-electron chi connectivity index (χ2n) is 6.20. The Labute approximate surface area is 129 Å². The molecule has 0 bridgehead atoms. The highest BCUT2D eigenvalue weighted by Gasteiger charge is 2.28. The van der Waals surface area contributed by atoms with E-state index in [2.05, 4.69) is 80.3 Å². The van der Waals surface area contributed by atoms with Crippen LogP contribution in [0.2, 0.25) is 19.6 Å². The molecule has 0 saturated heterocycles. The fourth-order valence-corrected chi connectivity index (χ4v) is 6.44. The Bertz CT molecular complexity index is 603. The molecule has 0 saturated carbocycles. The van der Waals surface area contributed by atoms with Crippen LogP contribution >= 0.6 is 22.6 Å². The Balaban J connectivity index is 2.65. The molecule has 2 rings (SSSR count). The highest BCUT2D eigenvalue weighted by molar-refractivity contribution is 14.1. The number of rotatable bonds is 2. The molecule has 2 nitrogen and oxygen atoms in total. The quantitative estimate of drug-likeness (QED) is 0.565. The minimum atomic E-state index is -1.47. The van der Waals surface area contributed by atoms with Gasteiger partial charge in [-0.05, 0) is 54.5 Å². The van der Waals surface area contributed by atoms with E-state index >= 15 is 0 Å². The lowest BCUT2D eigenvalue weighted by atomic mass is 9.97. The Hall–Kier alpha value is -0.623. The largest absolute Gasteiger partial charge is 0.365 e. The zero-order valence-electron chi connectivity index (χ0n) is 12.4. The van der Waals surface area contributed by atoms with Gasteiger partial charge in [-0.25, -0.2) is 0 Å². The van der Waals surface area contributed by atoms with Gasteiger partial charge in [-0.1, -0.05) is 42.5 Å². The molecule has 0 N–H and O–H groups in total. The lowest BCUT2D eigenvalue weighted by Crippen LogP contribution is -2.38. The molecule has 0 spiro atoms. The van der Waals surface area contributed by atoms with Crippen molar-refractivity contribution in [3.63, 3.8) is 0 Å². The van der Waals surface area contributed by atoms with Crippen LogP contribution in [0.5, 0.6) is 0 Å². The highest BCUT2D eigenvalue weighted by atomic mass is 127. The van der Waals surface area contributed by atoms with Gasteiger partial charge in [0.2, 0.25) is 0 Å². The first kappa shape index (κ1) is 14.8. The van der Waals surface area contributed by atoms with Gasteiger partial charge in [0.1, 0.15) is 19.2 Å². The molecule has 102 valence electrons. The molecule has 1 aromatic heterocycles. The molecule has 0 aliphatic heterocycles. The molecular formula is C15H20INOSi. The number of aryl methyl sites for hydroxylation is 3. The first-order chi connectivity index (χ1) is 8.71. The average Bonchev–Trinajstić information content (AvgIpc) is 2.58. The number of hydrogen-bond donors (Lipinski definition) is 0. The zero-order valence-corrected chi connectivity index (χ0v) is 15.5. The van der Waals surface area contributed by atoms with Gasteiger partial charge in [0.25, 0.3) is 0 Å². The third-order valence-electron chi connectivity index (χ3n) is 3.23. The summed E-state index contributed by atoms with van der Waals surface area (Å²) in [6.07, 6.45) is 0. The summed E-state index contributed by atoms with van der Waals surface area (Å²) in [5, 5.41) is 5.46. The number of benzene rings is 1. The molecule has 4 heteroatoms. The number of halogens is 1. The molecule has 1 aromatic carbocycles. The fourth-order valence-electron chi connectivity index (χ4n) is 2.45. The summed E-state index contributed by atoms with van der Waals surface area (Å²) in [6, 6.07) is 4.42. The Kier molecular flexibility index (Phi) is 3.93. The summed E-state index contributed by atoms with van der Waals surface area (Å²) < 4.78 is 6.85. The van der Waals surface area contributed by atoms with E-state index in [0.717, 1.165) is 11.1 Å². The van der Waals surface area contributed by atoms with Crippen LogP contribution in [-0.2, 0) is 0 Å². The van der Waals surface area contributed by atoms with Crippen molar-refractivity contribution in [2.45, 2.75) is 40.4 Å². The van der Waals surface area contributed by atoms with E-state index in [1.165, 1.54) is 25.8 Å². The van der Waals surface area contributed by atoms with Gasteiger partial charge in [-0.2, -0.15) is 0 Å². The van der Waals surface area contributed by atoms with Gasteiger partial charge in [0.05, 0.1) is 3.57 Å². The fraction of sp³-hybridized carbons (Fsp3) is 0.400. The predicted octanol–water partition coefficient (Wildman–Crippen LogP) is 4.42. The molecule has 0 aliphatic rings. The molecule has 0 atom stereocenters. The van der Waals surface area contributed by atoms with Crippen LogP contribution in [0.1, 0.15) is 16.7 Å². The molecular weight excluding hydrogens is 365 g/mol. The zero-order chi connectivity index (χ0) is 14.4. The summed E-state index contributed by atoms with van der Waals surface area (Å²) in [5.41, 5.74) is 6.07. The molecule has 19 heavy (non-hydrogen) atoms. The predicted molar refractivity (Wildman–Crippen MR) is 91.8 cm³/mol. The van der Waals surface area contributed by atoms with Crippen LogP contribution in [0, 0.1) is 24.3 Å². The molecule has 0 unspecified atom stereocenters. The van der Waals surface area contributed by atoms with E-state index < -0.39 is 8.07 Å². The molecule has 1 heterocycles. The van der Waals surface area contributed by atoms with Crippen molar-refractivity contribution in [1.82, 2.24) is 5.16 Å². The minimum Gasteiger partial charge on any atom is -0.365 e. The van der Waals surface area contributed by atoms with Crippen LogP contribution in [0.25, 0.3) is 11.3 Å². The Morgan fingerprint density at radius 2 is 1.58 bits per heavy atom. The van der Waals surface area contributed by atoms with Gasteiger partial charge in [-0.3, -0.25) is 0 Å². The first-order valence-electron chi connectivity index (χ1n) is 6.45. The van der Waals surface area contributed by atoms with Gasteiger partial charge < -0.3 is 4.52 Å². The standard InChI is InChI=1S/C15H20INOSi/c1-9-7-10(2)12(11(3)8-9)14-13(16)15(18-17-14)19(4,5)6/h7-8H,1-6H3. The maximum absolute atomic E-state index is 5.66. The van der Waals surface area contributed by atoms with Crippen LogP contribution in [0.15, 0.2) is 16.7 Å². The number of nitrogens with zero attached hydrogens (tertiary/aromatic N) is 1. The van der Waals surface area contributed by atoms with Crippen LogP contribution < -0.4 is 5.38 Å². The third-order valence-corrected chi connectivity index (χ3v) is 6.44. The van der Waals surface area contributed by atoms with Crippen LogP contribution in [-0.4, -0.2) is 13.2 Å². The topological polar surface area (TPSA) is 26.0 Å². The van der Waals surface area contributed by atoms with E-state index in [9.17, 15) is 0 Å². The van der Waals surface area contributed by atoms with Crippen molar-refractivity contribution >= 4 is 36.0 Å². The monoisotopic (exact) mass is 385 g/mol. The van der Waals surface area contributed by atoms with Gasteiger partial charge in [-0.15, -0.1) is 0 Å². The van der Waals surface area contributed by atoms with Crippen molar-refractivity contribution in [3.05, 3.63) is 32.4 Å². The van der Waals surface area contributed by atoms with E-state index in [1.54, 1.807) is 0 Å². The maximum Gasteiger partial charge on any atom is 0.128 e. The molecule has 0 amide bonds. The molecule has 0 aliphatic carbocycles. The van der Waals surface area contributed by atoms with E-state index in [4.69, 9.17) is 4.52 Å². The third kappa shape index (κ3) is 2.79. The Morgan fingerprint density at radius 1 is 1.05 bits per heavy atom. The summed E-state index contributed by atoms with van der Waals surface area (Å²) in [4.78, 5) is 0. The first-order valence-corrected chi connectivity index (χ1v) is 11.0. The van der Waals surface area contributed by atoms with Crippen molar-refractivity contribution in [3.8, 4) is 11.3 Å². The molecule has 0 fully saturated rings.